The predicted molar refractivity (Wildman–Crippen MR) is 33.7 cm³/mol. The normalized spacial score (nSPS) is 29.6. The molecule has 1 aliphatic heterocycles. The minimum atomic E-state index is -1.09. The second kappa shape index (κ2) is 2.71. The summed E-state index contributed by atoms with van der Waals surface area (Å²) in [5.41, 5.74) is 0. The number of hydrogen-bond acceptors (Lipinski definition) is 3. The Morgan fingerprint density at radius 3 is 2.50 bits per heavy atom. The topological polar surface area (TPSA) is 40.5 Å². The Morgan fingerprint density at radius 2 is 2.25 bits per heavy atom. The van der Waals surface area contributed by atoms with Crippen LogP contribution >= 0.6 is 11.8 Å². The second-order valence-electron chi connectivity index (χ2n) is 1.97. The minimum Gasteiger partial charge on any atom is -0.367 e. The Morgan fingerprint density at radius 1 is 1.50 bits per heavy atom. The highest BCUT2D eigenvalue weighted by molar-refractivity contribution is 8.00. The van der Waals surface area contributed by atoms with Crippen LogP contribution in [0.2, 0.25) is 0 Å². The number of thioether (sulfide) groups is 1. The van der Waals surface area contributed by atoms with Gasteiger partial charge in [-0.2, -0.15) is 11.8 Å². The van der Waals surface area contributed by atoms with Gasteiger partial charge in [-0.1, -0.05) is 0 Å². The molecule has 3 heteroatoms. The van der Waals surface area contributed by atoms with Crippen molar-refractivity contribution in [2.24, 2.45) is 0 Å². The Balaban J connectivity index is 2.24. The van der Waals surface area contributed by atoms with Crippen molar-refractivity contribution >= 4 is 11.8 Å². The monoisotopic (exact) mass is 134 g/mol. The lowest BCUT2D eigenvalue weighted by Gasteiger charge is -2.08. The maximum atomic E-state index is 8.59. The highest BCUT2D eigenvalue weighted by atomic mass is 32.2. The average molecular weight is 134 g/mol. The fraction of sp³-hybridized carbons (Fsp3) is 1.00. The quantitative estimate of drug-likeness (QED) is 0.503. The molecule has 0 amide bonds. The summed E-state index contributed by atoms with van der Waals surface area (Å²) in [5.74, 6) is 1.09. The fourth-order valence-electron chi connectivity index (χ4n) is 0.838. The largest absolute Gasteiger partial charge is 0.367 e. The zero-order chi connectivity index (χ0) is 5.98. The summed E-state index contributed by atoms with van der Waals surface area (Å²) >= 11 is 1.65. The number of aliphatic hydroxyl groups is 2. The molecular weight excluding hydrogens is 124 g/mol. The lowest BCUT2D eigenvalue weighted by Crippen LogP contribution is -2.18. The van der Waals surface area contributed by atoms with E-state index >= 15 is 0 Å². The van der Waals surface area contributed by atoms with Crippen molar-refractivity contribution in [2.45, 2.75) is 24.4 Å². The van der Waals surface area contributed by atoms with E-state index in [-0.39, 0.29) is 5.25 Å². The molecule has 0 spiro atoms. The fourth-order valence-corrected chi connectivity index (χ4v) is 1.98. The highest BCUT2D eigenvalue weighted by Gasteiger charge is 2.21. The van der Waals surface area contributed by atoms with E-state index in [2.05, 4.69) is 0 Å². The standard InChI is InChI=1S/C5H10O2S/c6-5(7)4-2-1-3-8-4/h4-7H,1-3H2. The lowest BCUT2D eigenvalue weighted by atomic mass is 10.2. The first-order valence-corrected chi connectivity index (χ1v) is 3.83. The summed E-state index contributed by atoms with van der Waals surface area (Å²) in [5, 5.41) is 17.3. The van der Waals surface area contributed by atoms with Gasteiger partial charge < -0.3 is 10.2 Å². The van der Waals surface area contributed by atoms with Gasteiger partial charge in [0.25, 0.3) is 0 Å². The Labute approximate surface area is 52.9 Å². The summed E-state index contributed by atoms with van der Waals surface area (Å²) in [4.78, 5) is 0. The van der Waals surface area contributed by atoms with E-state index in [9.17, 15) is 0 Å². The van der Waals surface area contributed by atoms with Gasteiger partial charge in [-0.25, -0.2) is 0 Å². The summed E-state index contributed by atoms with van der Waals surface area (Å²) in [6.07, 6.45) is 0.998. The van der Waals surface area contributed by atoms with Crippen molar-refractivity contribution in [3.8, 4) is 0 Å². The van der Waals surface area contributed by atoms with Gasteiger partial charge >= 0.3 is 0 Å². The number of rotatable bonds is 1. The van der Waals surface area contributed by atoms with E-state index in [4.69, 9.17) is 10.2 Å². The van der Waals surface area contributed by atoms with E-state index in [0.29, 0.717) is 0 Å². The first-order valence-electron chi connectivity index (χ1n) is 2.78. The van der Waals surface area contributed by atoms with Gasteiger partial charge in [0, 0.05) is 0 Å². The Bertz CT molecular complexity index is 68.8. The van der Waals surface area contributed by atoms with Crippen LogP contribution in [0.1, 0.15) is 12.8 Å². The SMILES string of the molecule is OC(O)C1CCCS1. The molecule has 0 saturated carbocycles. The Kier molecular flexibility index (Phi) is 2.16. The molecule has 1 aliphatic rings. The van der Waals surface area contributed by atoms with E-state index in [1.807, 2.05) is 0 Å². The van der Waals surface area contributed by atoms with E-state index in [1.165, 1.54) is 0 Å². The van der Waals surface area contributed by atoms with Gasteiger partial charge in [0.05, 0.1) is 5.25 Å². The van der Waals surface area contributed by atoms with Gasteiger partial charge in [0.1, 0.15) is 0 Å². The van der Waals surface area contributed by atoms with Crippen LogP contribution in [0.15, 0.2) is 0 Å². The summed E-state index contributed by atoms with van der Waals surface area (Å²) < 4.78 is 0. The summed E-state index contributed by atoms with van der Waals surface area (Å²) in [7, 11) is 0. The molecule has 1 unspecified atom stereocenters. The first-order chi connectivity index (χ1) is 3.80. The van der Waals surface area contributed by atoms with Crippen molar-refractivity contribution in [3.05, 3.63) is 0 Å². The van der Waals surface area contributed by atoms with Gasteiger partial charge in [-0.15, -0.1) is 0 Å². The Hall–Kier alpha value is 0.270. The van der Waals surface area contributed by atoms with Crippen molar-refractivity contribution in [1.29, 1.82) is 0 Å². The van der Waals surface area contributed by atoms with Gasteiger partial charge in [-0.3, -0.25) is 0 Å². The third kappa shape index (κ3) is 1.37. The maximum Gasteiger partial charge on any atom is 0.163 e. The molecule has 8 heavy (non-hydrogen) atoms. The average Bonchev–Trinajstić information content (AvgIpc) is 2.12. The van der Waals surface area contributed by atoms with Crippen LogP contribution in [0.25, 0.3) is 0 Å². The molecule has 0 radical (unpaired) electrons. The van der Waals surface area contributed by atoms with Crippen molar-refractivity contribution < 1.29 is 10.2 Å². The number of aliphatic hydroxyl groups excluding tert-OH is 1. The molecule has 0 aromatic carbocycles. The molecule has 2 nitrogen and oxygen atoms in total. The summed E-state index contributed by atoms with van der Waals surface area (Å²) in [6, 6.07) is 0. The molecule has 1 heterocycles. The summed E-state index contributed by atoms with van der Waals surface area (Å²) in [6.45, 7) is 0. The molecule has 48 valence electrons. The molecule has 1 atom stereocenters. The van der Waals surface area contributed by atoms with Crippen LogP contribution < -0.4 is 0 Å². The van der Waals surface area contributed by atoms with E-state index in [0.717, 1.165) is 18.6 Å². The predicted octanol–water partition coefficient (Wildman–Crippen LogP) is 0.193. The zero-order valence-corrected chi connectivity index (χ0v) is 5.40. The highest BCUT2D eigenvalue weighted by Crippen LogP contribution is 2.27. The van der Waals surface area contributed by atoms with Crippen LogP contribution in [0.4, 0.5) is 0 Å². The smallest absolute Gasteiger partial charge is 0.163 e. The van der Waals surface area contributed by atoms with Crippen LogP contribution in [0.3, 0.4) is 0 Å². The molecule has 0 bridgehead atoms. The van der Waals surface area contributed by atoms with E-state index < -0.39 is 6.29 Å². The molecule has 1 rings (SSSR count). The van der Waals surface area contributed by atoms with Crippen LogP contribution in [-0.2, 0) is 0 Å². The van der Waals surface area contributed by atoms with Crippen molar-refractivity contribution in [3.63, 3.8) is 0 Å². The molecule has 0 aromatic heterocycles. The first kappa shape index (κ1) is 6.39. The van der Waals surface area contributed by atoms with Gasteiger partial charge in [0.15, 0.2) is 6.29 Å². The third-order valence-corrected chi connectivity index (χ3v) is 2.73. The maximum absolute atomic E-state index is 8.59. The molecule has 0 aliphatic carbocycles. The second-order valence-corrected chi connectivity index (χ2v) is 3.31. The van der Waals surface area contributed by atoms with Crippen molar-refractivity contribution in [2.75, 3.05) is 5.75 Å². The van der Waals surface area contributed by atoms with Gasteiger partial charge in [0.2, 0.25) is 0 Å². The van der Waals surface area contributed by atoms with E-state index in [1.54, 1.807) is 11.8 Å². The van der Waals surface area contributed by atoms with Crippen LogP contribution in [-0.4, -0.2) is 27.5 Å². The molecule has 2 N–H and O–H groups in total. The third-order valence-electron chi connectivity index (χ3n) is 1.30. The minimum absolute atomic E-state index is 0.0926. The van der Waals surface area contributed by atoms with Crippen LogP contribution in [0, 0.1) is 0 Å². The van der Waals surface area contributed by atoms with Crippen molar-refractivity contribution in [1.82, 2.24) is 0 Å². The lowest BCUT2D eigenvalue weighted by molar-refractivity contribution is -0.0400. The molecule has 0 aromatic rings. The molecular formula is C5H10O2S. The molecule has 1 fully saturated rings. The zero-order valence-electron chi connectivity index (χ0n) is 4.58. The number of hydrogen-bond donors (Lipinski definition) is 2. The molecule has 1 saturated heterocycles. The van der Waals surface area contributed by atoms with Crippen LogP contribution in [0.5, 0.6) is 0 Å². The van der Waals surface area contributed by atoms with Gasteiger partial charge in [-0.05, 0) is 18.6 Å².